The van der Waals surface area contributed by atoms with Crippen LogP contribution in [0.4, 0.5) is 0 Å². The predicted molar refractivity (Wildman–Crippen MR) is 41.6 cm³/mol. The highest BCUT2D eigenvalue weighted by molar-refractivity contribution is 6.38. The average Bonchev–Trinajstić information content (AvgIpc) is 2.21. The van der Waals surface area contributed by atoms with E-state index in [1.54, 1.807) is 12.4 Å². The molecule has 0 saturated carbocycles. The zero-order valence-corrected chi connectivity index (χ0v) is 6.02. The molecule has 2 heterocycles. The largest absolute Gasteiger partial charge is 0.387 e. The second-order valence-electron chi connectivity index (χ2n) is 1.95. The number of hydrogen-bond donors (Lipinski definition) is 2. The molecule has 0 aromatic carbocycles. The van der Waals surface area contributed by atoms with Gasteiger partial charge < -0.3 is 9.68 Å². The number of nitrogens with zero attached hydrogens (tertiary/aromatic N) is 2. The van der Waals surface area contributed by atoms with E-state index in [0.29, 0.717) is 11.7 Å². The molecule has 6 heteroatoms. The lowest BCUT2D eigenvalue weighted by Crippen LogP contribution is -2.36. The molecule has 2 rings (SSSR count). The van der Waals surface area contributed by atoms with Crippen molar-refractivity contribution in [3.63, 3.8) is 0 Å². The van der Waals surface area contributed by atoms with Gasteiger partial charge in [-0.1, -0.05) is 0 Å². The smallest absolute Gasteiger partial charge is 0.291 e. The average molecular weight is 166 g/mol. The van der Waals surface area contributed by atoms with Crippen LogP contribution in [0.25, 0.3) is 0 Å². The molecule has 0 aromatic heterocycles. The van der Waals surface area contributed by atoms with Crippen molar-refractivity contribution in [2.75, 3.05) is 0 Å². The molecule has 12 heavy (non-hydrogen) atoms. The minimum absolute atomic E-state index is 0.335. The van der Waals surface area contributed by atoms with Crippen molar-refractivity contribution in [2.45, 2.75) is 0 Å². The number of aliphatic imine (C=N–C) groups is 2. The van der Waals surface area contributed by atoms with Crippen molar-refractivity contribution in [3.8, 4) is 0 Å². The van der Waals surface area contributed by atoms with Crippen molar-refractivity contribution in [1.82, 2.24) is 11.0 Å². The van der Waals surface area contributed by atoms with Gasteiger partial charge in [-0.15, -0.1) is 0 Å². The molecule has 0 spiro atoms. The van der Waals surface area contributed by atoms with E-state index in [4.69, 9.17) is 9.68 Å². The summed E-state index contributed by atoms with van der Waals surface area (Å²) in [6, 6.07) is 0. The SMILES string of the molecule is C1=CONC(C2=NC=CNO2)=N1. The Bertz CT molecular complexity index is 262. The van der Waals surface area contributed by atoms with E-state index in [-0.39, 0.29) is 0 Å². The zero-order valence-electron chi connectivity index (χ0n) is 6.02. The van der Waals surface area contributed by atoms with Crippen LogP contribution in [0, 0.1) is 0 Å². The van der Waals surface area contributed by atoms with Gasteiger partial charge in [0.05, 0.1) is 18.6 Å². The van der Waals surface area contributed by atoms with Gasteiger partial charge in [0.15, 0.2) is 0 Å². The molecule has 0 aromatic rings. The molecular weight excluding hydrogens is 160 g/mol. The fourth-order valence-corrected chi connectivity index (χ4v) is 0.712. The van der Waals surface area contributed by atoms with Gasteiger partial charge in [0, 0.05) is 0 Å². The first-order valence-corrected chi connectivity index (χ1v) is 3.27. The number of hydroxylamine groups is 2. The van der Waals surface area contributed by atoms with Crippen LogP contribution in [0.5, 0.6) is 0 Å². The maximum atomic E-state index is 4.92. The number of hydrogen-bond acceptors (Lipinski definition) is 6. The summed E-state index contributed by atoms with van der Waals surface area (Å²) in [7, 11) is 0. The van der Waals surface area contributed by atoms with Crippen LogP contribution in [-0.4, -0.2) is 11.7 Å². The molecule has 0 aliphatic carbocycles. The fraction of sp³-hybridized carbons (Fsp3) is 0. The molecular formula is C6H6N4O2. The fourth-order valence-electron chi connectivity index (χ4n) is 0.712. The minimum Gasteiger partial charge on any atom is -0.387 e. The molecule has 2 aliphatic heterocycles. The first-order chi connectivity index (χ1) is 5.97. The normalized spacial score (nSPS) is 19.3. The number of nitrogens with one attached hydrogen (secondary N) is 2. The summed E-state index contributed by atoms with van der Waals surface area (Å²) in [4.78, 5) is 17.5. The second kappa shape index (κ2) is 2.95. The highest BCUT2D eigenvalue weighted by Crippen LogP contribution is 1.95. The molecule has 0 unspecified atom stereocenters. The molecule has 2 N–H and O–H groups in total. The zero-order chi connectivity index (χ0) is 8.23. The van der Waals surface area contributed by atoms with Gasteiger partial charge in [-0.25, -0.2) is 15.5 Å². The Morgan fingerprint density at radius 3 is 2.92 bits per heavy atom. The molecule has 0 amide bonds. The molecule has 2 aliphatic rings. The summed E-state index contributed by atoms with van der Waals surface area (Å²) in [5.41, 5.74) is 5.04. The van der Waals surface area contributed by atoms with Gasteiger partial charge in [-0.3, -0.25) is 0 Å². The van der Waals surface area contributed by atoms with E-state index < -0.39 is 0 Å². The first-order valence-electron chi connectivity index (χ1n) is 3.27. The lowest BCUT2D eigenvalue weighted by Gasteiger charge is -2.13. The third-order valence-electron chi connectivity index (χ3n) is 1.18. The highest BCUT2D eigenvalue weighted by Gasteiger charge is 2.13. The lowest BCUT2D eigenvalue weighted by atomic mass is 10.5. The molecule has 0 saturated heterocycles. The van der Waals surface area contributed by atoms with Gasteiger partial charge in [0.25, 0.3) is 5.90 Å². The van der Waals surface area contributed by atoms with Crippen molar-refractivity contribution >= 4 is 11.7 Å². The van der Waals surface area contributed by atoms with Gasteiger partial charge in [-0.05, 0) is 0 Å². The Hall–Kier alpha value is -1.98. The molecule has 0 fully saturated rings. The molecule has 62 valence electrons. The van der Waals surface area contributed by atoms with Crippen molar-refractivity contribution < 1.29 is 9.68 Å². The standard InChI is InChI=1S/C6H6N4O2/c1-2-9-12-6(8-1)5-7-3-4-11-10-5/h1-4,9H,(H,7,10). The van der Waals surface area contributed by atoms with Gasteiger partial charge in [0.1, 0.15) is 6.26 Å². The Kier molecular flexibility index (Phi) is 1.65. The molecule has 6 nitrogen and oxygen atoms in total. The second-order valence-corrected chi connectivity index (χ2v) is 1.95. The topological polar surface area (TPSA) is 67.2 Å². The van der Waals surface area contributed by atoms with Crippen molar-refractivity contribution in [1.29, 1.82) is 0 Å². The van der Waals surface area contributed by atoms with Crippen LogP contribution in [0.1, 0.15) is 0 Å². The van der Waals surface area contributed by atoms with E-state index in [0.717, 1.165) is 0 Å². The third-order valence-corrected chi connectivity index (χ3v) is 1.18. The van der Waals surface area contributed by atoms with Crippen LogP contribution in [0.3, 0.4) is 0 Å². The van der Waals surface area contributed by atoms with Crippen LogP contribution < -0.4 is 11.0 Å². The van der Waals surface area contributed by atoms with E-state index in [2.05, 4.69) is 20.9 Å². The Balaban J connectivity index is 2.17. The Labute approximate surface area is 68.2 Å². The van der Waals surface area contributed by atoms with Crippen LogP contribution in [0.2, 0.25) is 0 Å². The molecule has 0 bridgehead atoms. The summed E-state index contributed by atoms with van der Waals surface area (Å²) in [6.45, 7) is 0. The third kappa shape index (κ3) is 1.22. The summed E-state index contributed by atoms with van der Waals surface area (Å²) < 4.78 is 0. The summed E-state index contributed by atoms with van der Waals surface area (Å²) in [5.74, 6) is 0.760. The minimum atomic E-state index is 0.335. The Morgan fingerprint density at radius 1 is 1.25 bits per heavy atom. The van der Waals surface area contributed by atoms with Crippen molar-refractivity contribution in [3.05, 3.63) is 24.9 Å². The summed E-state index contributed by atoms with van der Waals surface area (Å²) in [5, 5.41) is 0. The monoisotopic (exact) mass is 166 g/mol. The van der Waals surface area contributed by atoms with E-state index in [1.165, 1.54) is 12.5 Å². The van der Waals surface area contributed by atoms with E-state index >= 15 is 0 Å². The van der Waals surface area contributed by atoms with Crippen LogP contribution in [-0.2, 0) is 9.68 Å². The van der Waals surface area contributed by atoms with Gasteiger partial charge in [-0.2, -0.15) is 5.48 Å². The number of rotatable bonds is 1. The summed E-state index contributed by atoms with van der Waals surface area (Å²) >= 11 is 0. The van der Waals surface area contributed by atoms with E-state index in [1.807, 2.05) is 0 Å². The maximum absolute atomic E-state index is 4.92. The Morgan fingerprint density at radius 2 is 2.25 bits per heavy atom. The van der Waals surface area contributed by atoms with Crippen LogP contribution >= 0.6 is 0 Å². The maximum Gasteiger partial charge on any atom is 0.291 e. The van der Waals surface area contributed by atoms with Gasteiger partial charge >= 0.3 is 0 Å². The van der Waals surface area contributed by atoms with Crippen LogP contribution in [0.15, 0.2) is 34.8 Å². The summed E-state index contributed by atoms with van der Waals surface area (Å²) in [6.07, 6.45) is 6.02. The quantitative estimate of drug-likeness (QED) is 0.565. The van der Waals surface area contributed by atoms with Crippen molar-refractivity contribution in [2.24, 2.45) is 9.98 Å². The lowest BCUT2D eigenvalue weighted by molar-refractivity contribution is 0.182. The predicted octanol–water partition coefficient (Wildman–Crippen LogP) is -0.205. The molecule has 0 radical (unpaired) electrons. The first kappa shape index (κ1) is 6.71. The van der Waals surface area contributed by atoms with E-state index in [9.17, 15) is 0 Å². The molecule has 0 atom stereocenters. The van der Waals surface area contributed by atoms with Gasteiger partial charge in [0.2, 0.25) is 5.84 Å². The highest BCUT2D eigenvalue weighted by atomic mass is 16.7. The number of amidine groups is 1.